The van der Waals surface area contributed by atoms with Crippen molar-refractivity contribution in [1.82, 2.24) is 19.9 Å². The summed E-state index contributed by atoms with van der Waals surface area (Å²) >= 11 is 0. The number of imidazole rings is 1. The first-order valence-corrected chi connectivity index (χ1v) is 8.61. The summed E-state index contributed by atoms with van der Waals surface area (Å²) in [5.41, 5.74) is 1.73. The van der Waals surface area contributed by atoms with Crippen LogP contribution in [0, 0.1) is 11.7 Å². The van der Waals surface area contributed by atoms with Gasteiger partial charge in [0.1, 0.15) is 11.6 Å². The van der Waals surface area contributed by atoms with E-state index in [4.69, 9.17) is 0 Å². The number of halogens is 1. The number of aryl methyl sites for hydroxylation is 1. The zero-order chi connectivity index (χ0) is 18.1. The van der Waals surface area contributed by atoms with E-state index in [-0.39, 0.29) is 17.8 Å². The Balaban J connectivity index is 1.53. The number of rotatable bonds is 5. The number of aromatic nitrogens is 3. The highest BCUT2D eigenvalue weighted by atomic mass is 19.1. The number of nitrogens with zero attached hydrogens (tertiary/aromatic N) is 3. The van der Waals surface area contributed by atoms with Crippen LogP contribution in [0.2, 0.25) is 0 Å². The molecule has 1 amide bonds. The molecule has 0 radical (unpaired) electrons. The zero-order valence-electron chi connectivity index (χ0n) is 14.4. The van der Waals surface area contributed by atoms with Crippen LogP contribution < -0.4 is 5.32 Å². The Labute approximate surface area is 150 Å². The fourth-order valence-electron chi connectivity index (χ4n) is 3.13. The highest BCUT2D eigenvalue weighted by Crippen LogP contribution is 2.40. The van der Waals surface area contributed by atoms with Gasteiger partial charge in [-0.15, -0.1) is 0 Å². The first-order valence-electron chi connectivity index (χ1n) is 8.61. The van der Waals surface area contributed by atoms with Crippen LogP contribution in [0.3, 0.4) is 0 Å². The van der Waals surface area contributed by atoms with E-state index in [0.29, 0.717) is 22.6 Å². The van der Waals surface area contributed by atoms with Gasteiger partial charge in [-0.05, 0) is 42.5 Å². The molecule has 2 aromatic heterocycles. The molecule has 0 spiro atoms. The molecule has 0 aliphatic heterocycles. The van der Waals surface area contributed by atoms with E-state index < -0.39 is 0 Å². The second kappa shape index (κ2) is 6.71. The van der Waals surface area contributed by atoms with E-state index in [1.165, 1.54) is 6.20 Å². The molecule has 0 saturated heterocycles. The SMILES string of the molecule is Cn1ccnc1C(NC(=O)c1ccc(-c2ccncc2F)cc1)C1CC1. The molecule has 26 heavy (non-hydrogen) atoms. The number of pyridine rings is 1. The average molecular weight is 350 g/mol. The fourth-order valence-corrected chi connectivity index (χ4v) is 3.13. The molecule has 0 bridgehead atoms. The Kier molecular flexibility index (Phi) is 4.24. The zero-order valence-corrected chi connectivity index (χ0v) is 14.4. The lowest BCUT2D eigenvalue weighted by Gasteiger charge is -2.18. The van der Waals surface area contributed by atoms with Gasteiger partial charge in [0.15, 0.2) is 0 Å². The van der Waals surface area contributed by atoms with Gasteiger partial charge in [-0.1, -0.05) is 12.1 Å². The van der Waals surface area contributed by atoms with Gasteiger partial charge in [0.05, 0.1) is 12.2 Å². The smallest absolute Gasteiger partial charge is 0.251 e. The minimum Gasteiger partial charge on any atom is -0.342 e. The Morgan fingerprint density at radius 2 is 2.00 bits per heavy atom. The topological polar surface area (TPSA) is 59.8 Å². The third-order valence-corrected chi connectivity index (χ3v) is 4.75. The molecule has 1 aromatic carbocycles. The number of amides is 1. The molecule has 132 valence electrons. The van der Waals surface area contributed by atoms with Crippen molar-refractivity contribution in [2.75, 3.05) is 0 Å². The van der Waals surface area contributed by atoms with E-state index >= 15 is 0 Å². The number of benzene rings is 1. The maximum Gasteiger partial charge on any atom is 0.251 e. The van der Waals surface area contributed by atoms with E-state index in [2.05, 4.69) is 15.3 Å². The molecule has 1 aliphatic rings. The number of hydrogen-bond donors (Lipinski definition) is 1. The van der Waals surface area contributed by atoms with E-state index in [1.54, 1.807) is 42.7 Å². The van der Waals surface area contributed by atoms with E-state index in [0.717, 1.165) is 18.7 Å². The molecule has 4 rings (SSSR count). The summed E-state index contributed by atoms with van der Waals surface area (Å²) in [6.07, 6.45) is 8.55. The average Bonchev–Trinajstić information content (AvgIpc) is 3.41. The largest absolute Gasteiger partial charge is 0.342 e. The van der Waals surface area contributed by atoms with Gasteiger partial charge in [-0.25, -0.2) is 9.37 Å². The fraction of sp³-hybridized carbons (Fsp3) is 0.250. The van der Waals surface area contributed by atoms with Crippen molar-refractivity contribution in [2.24, 2.45) is 13.0 Å². The first kappa shape index (κ1) is 16.4. The van der Waals surface area contributed by atoms with Gasteiger partial charge in [0.2, 0.25) is 0 Å². The number of carbonyl (C=O) groups excluding carboxylic acids is 1. The summed E-state index contributed by atoms with van der Waals surface area (Å²) < 4.78 is 15.8. The van der Waals surface area contributed by atoms with Crippen LogP contribution in [0.1, 0.15) is 35.1 Å². The van der Waals surface area contributed by atoms with Gasteiger partial charge in [-0.3, -0.25) is 9.78 Å². The maximum atomic E-state index is 13.8. The summed E-state index contributed by atoms with van der Waals surface area (Å²) in [6.45, 7) is 0. The molecule has 1 unspecified atom stereocenters. The third-order valence-electron chi connectivity index (χ3n) is 4.75. The van der Waals surface area contributed by atoms with Crippen LogP contribution >= 0.6 is 0 Å². The second-order valence-corrected chi connectivity index (χ2v) is 6.62. The Morgan fingerprint density at radius 3 is 2.62 bits per heavy atom. The normalized spacial score (nSPS) is 14.8. The summed E-state index contributed by atoms with van der Waals surface area (Å²) in [7, 11) is 1.93. The maximum absolute atomic E-state index is 13.8. The van der Waals surface area contributed by atoms with Crippen LogP contribution in [0.4, 0.5) is 4.39 Å². The predicted molar refractivity (Wildman–Crippen MR) is 95.8 cm³/mol. The Bertz CT molecular complexity index is 931. The monoisotopic (exact) mass is 350 g/mol. The summed E-state index contributed by atoms with van der Waals surface area (Å²) in [4.78, 5) is 20.8. The van der Waals surface area contributed by atoms with Crippen LogP contribution in [0.5, 0.6) is 0 Å². The number of hydrogen-bond acceptors (Lipinski definition) is 3. The molecular weight excluding hydrogens is 331 g/mol. The summed E-state index contributed by atoms with van der Waals surface area (Å²) in [6, 6.07) is 8.47. The molecule has 6 heteroatoms. The van der Waals surface area contributed by atoms with Crippen molar-refractivity contribution in [2.45, 2.75) is 18.9 Å². The van der Waals surface area contributed by atoms with Crippen LogP contribution in [0.15, 0.2) is 55.1 Å². The summed E-state index contributed by atoms with van der Waals surface area (Å²) in [5, 5.41) is 3.10. The van der Waals surface area contributed by atoms with Crippen molar-refractivity contribution >= 4 is 5.91 Å². The van der Waals surface area contributed by atoms with Crippen molar-refractivity contribution in [3.63, 3.8) is 0 Å². The second-order valence-electron chi connectivity index (χ2n) is 6.62. The Morgan fingerprint density at radius 1 is 1.23 bits per heavy atom. The molecule has 5 nitrogen and oxygen atoms in total. The van der Waals surface area contributed by atoms with Gasteiger partial charge in [0.25, 0.3) is 5.91 Å². The quantitative estimate of drug-likeness (QED) is 0.766. The first-order chi connectivity index (χ1) is 12.6. The molecule has 1 aliphatic carbocycles. The lowest BCUT2D eigenvalue weighted by molar-refractivity contribution is 0.0929. The standard InChI is InChI=1S/C20H19FN4O/c1-25-11-10-23-19(25)18(14-4-5-14)24-20(26)15-6-2-13(3-7-15)16-8-9-22-12-17(16)21/h2-3,6-12,14,18H,4-5H2,1H3,(H,24,26). The van der Waals surface area contributed by atoms with Crippen LogP contribution in [-0.2, 0) is 7.05 Å². The van der Waals surface area contributed by atoms with Gasteiger partial charge < -0.3 is 9.88 Å². The van der Waals surface area contributed by atoms with Gasteiger partial charge in [-0.2, -0.15) is 0 Å². The summed E-state index contributed by atoms with van der Waals surface area (Å²) in [5.74, 6) is 0.779. The highest BCUT2D eigenvalue weighted by Gasteiger charge is 2.35. The van der Waals surface area contributed by atoms with E-state index in [9.17, 15) is 9.18 Å². The highest BCUT2D eigenvalue weighted by molar-refractivity contribution is 5.95. The lowest BCUT2D eigenvalue weighted by atomic mass is 10.0. The molecule has 1 N–H and O–H groups in total. The van der Waals surface area contributed by atoms with Gasteiger partial charge >= 0.3 is 0 Å². The van der Waals surface area contributed by atoms with E-state index in [1.807, 2.05) is 17.8 Å². The van der Waals surface area contributed by atoms with Crippen LogP contribution in [0.25, 0.3) is 11.1 Å². The molecule has 1 fully saturated rings. The molecule has 2 heterocycles. The minimum absolute atomic E-state index is 0.0835. The minimum atomic E-state index is -0.381. The molecular formula is C20H19FN4O. The van der Waals surface area contributed by atoms with Crippen LogP contribution in [-0.4, -0.2) is 20.4 Å². The third kappa shape index (κ3) is 3.22. The molecule has 3 aromatic rings. The number of nitrogens with one attached hydrogen (secondary N) is 1. The Hall–Kier alpha value is -3.02. The predicted octanol–water partition coefficient (Wildman–Crippen LogP) is 3.50. The molecule has 1 atom stereocenters. The van der Waals surface area contributed by atoms with Crippen molar-refractivity contribution in [3.8, 4) is 11.1 Å². The van der Waals surface area contributed by atoms with Gasteiger partial charge in [0, 0.05) is 36.8 Å². The van der Waals surface area contributed by atoms with Crippen molar-refractivity contribution in [3.05, 3.63) is 72.3 Å². The molecule has 1 saturated carbocycles. The van der Waals surface area contributed by atoms with Crippen molar-refractivity contribution in [1.29, 1.82) is 0 Å². The van der Waals surface area contributed by atoms with Crippen molar-refractivity contribution < 1.29 is 9.18 Å². The lowest BCUT2D eigenvalue weighted by Crippen LogP contribution is -2.31. The number of carbonyl (C=O) groups is 1.